The molecule has 7 heteroatoms. The number of nitrogens with zero attached hydrogens (tertiary/aromatic N) is 3. The Morgan fingerprint density at radius 1 is 1.41 bits per heavy atom. The minimum Gasteiger partial charge on any atom is -0.482 e. The van der Waals surface area contributed by atoms with Crippen molar-refractivity contribution < 1.29 is 9.53 Å². The van der Waals surface area contributed by atoms with Crippen molar-refractivity contribution in [2.24, 2.45) is 0 Å². The predicted molar refractivity (Wildman–Crippen MR) is 83.8 cm³/mol. The average Bonchev–Trinajstić information content (AvgIpc) is 2.98. The van der Waals surface area contributed by atoms with Gasteiger partial charge in [0.05, 0.1) is 5.56 Å². The highest BCUT2D eigenvalue weighted by atomic mass is 32.1. The second-order valence-electron chi connectivity index (χ2n) is 4.55. The Balaban J connectivity index is 1.85. The van der Waals surface area contributed by atoms with Crippen molar-refractivity contribution in [3.63, 3.8) is 0 Å². The van der Waals surface area contributed by atoms with Gasteiger partial charge in [0.2, 0.25) is 5.13 Å². The van der Waals surface area contributed by atoms with Crippen molar-refractivity contribution in [1.29, 1.82) is 5.26 Å². The van der Waals surface area contributed by atoms with E-state index in [2.05, 4.69) is 22.4 Å². The van der Waals surface area contributed by atoms with Crippen molar-refractivity contribution >= 4 is 22.4 Å². The van der Waals surface area contributed by atoms with Crippen LogP contribution in [0.3, 0.4) is 0 Å². The Bertz CT molecular complexity index is 678. The minimum absolute atomic E-state index is 0.178. The molecule has 2 aromatic rings. The molecule has 0 unspecified atom stereocenters. The van der Waals surface area contributed by atoms with Crippen LogP contribution >= 0.6 is 11.3 Å². The Morgan fingerprint density at radius 3 is 3.00 bits per heavy atom. The van der Waals surface area contributed by atoms with Gasteiger partial charge in [-0.15, -0.1) is 10.2 Å². The molecule has 0 atom stereocenters. The third-order valence-corrected chi connectivity index (χ3v) is 3.72. The Kier molecular flexibility index (Phi) is 5.86. The molecule has 0 spiro atoms. The number of aromatic nitrogens is 2. The van der Waals surface area contributed by atoms with E-state index in [-0.39, 0.29) is 12.5 Å². The number of anilines is 1. The molecule has 0 saturated heterocycles. The van der Waals surface area contributed by atoms with E-state index in [4.69, 9.17) is 10.00 Å². The first-order chi connectivity index (χ1) is 10.7. The number of hydrogen-bond acceptors (Lipinski definition) is 6. The van der Waals surface area contributed by atoms with E-state index in [9.17, 15) is 4.79 Å². The lowest BCUT2D eigenvalue weighted by atomic mass is 10.2. The molecule has 22 heavy (non-hydrogen) atoms. The minimum atomic E-state index is -0.328. The molecule has 1 aromatic heterocycles. The molecule has 0 aliphatic carbocycles. The lowest BCUT2D eigenvalue weighted by molar-refractivity contribution is -0.118. The molecule has 6 nitrogen and oxygen atoms in total. The van der Waals surface area contributed by atoms with E-state index in [1.54, 1.807) is 24.3 Å². The number of rotatable bonds is 7. The van der Waals surface area contributed by atoms with Gasteiger partial charge in [0.15, 0.2) is 6.61 Å². The number of amides is 1. The van der Waals surface area contributed by atoms with E-state index in [1.807, 2.05) is 6.07 Å². The van der Waals surface area contributed by atoms with Crippen LogP contribution < -0.4 is 10.1 Å². The van der Waals surface area contributed by atoms with Crippen molar-refractivity contribution in [2.45, 2.75) is 26.2 Å². The summed E-state index contributed by atoms with van der Waals surface area (Å²) in [6.07, 6.45) is 3.01. The Labute approximate surface area is 132 Å². The summed E-state index contributed by atoms with van der Waals surface area (Å²) in [5, 5.41) is 20.9. The van der Waals surface area contributed by atoms with Gasteiger partial charge in [-0.25, -0.2) is 0 Å². The highest BCUT2D eigenvalue weighted by Gasteiger charge is 2.10. The van der Waals surface area contributed by atoms with Gasteiger partial charge >= 0.3 is 0 Å². The molecule has 0 aliphatic heterocycles. The fourth-order valence-corrected chi connectivity index (χ4v) is 2.51. The highest BCUT2D eigenvalue weighted by molar-refractivity contribution is 7.15. The molecule has 0 radical (unpaired) electrons. The van der Waals surface area contributed by atoms with Gasteiger partial charge in [0.25, 0.3) is 5.91 Å². The molecule has 1 amide bonds. The first kappa shape index (κ1) is 15.9. The summed E-state index contributed by atoms with van der Waals surface area (Å²) in [7, 11) is 0. The molecular weight excluding hydrogens is 300 g/mol. The van der Waals surface area contributed by atoms with Crippen LogP contribution in [0, 0.1) is 11.3 Å². The number of ether oxygens (including phenoxy) is 1. The maximum atomic E-state index is 11.8. The standard InChI is InChI=1S/C15H16N4O2S/c1-2-3-8-14-18-19-15(22-14)17-13(20)10-21-12-7-5-4-6-11(12)9-16/h4-7H,2-3,8,10H2,1H3,(H,17,19,20). The molecule has 0 aliphatic rings. The number of aryl methyl sites for hydroxylation is 1. The number of nitrogens with one attached hydrogen (secondary N) is 1. The van der Waals surface area contributed by atoms with Gasteiger partial charge in [-0.05, 0) is 18.6 Å². The van der Waals surface area contributed by atoms with Crippen LogP contribution in [0.1, 0.15) is 30.3 Å². The van der Waals surface area contributed by atoms with Crippen LogP contribution in [0.15, 0.2) is 24.3 Å². The zero-order valence-corrected chi connectivity index (χ0v) is 13.0. The predicted octanol–water partition coefficient (Wildman–Crippen LogP) is 2.77. The average molecular weight is 316 g/mol. The van der Waals surface area contributed by atoms with Crippen molar-refractivity contribution in [2.75, 3.05) is 11.9 Å². The van der Waals surface area contributed by atoms with E-state index < -0.39 is 0 Å². The van der Waals surface area contributed by atoms with Crippen molar-refractivity contribution in [3.05, 3.63) is 34.8 Å². The van der Waals surface area contributed by atoms with E-state index in [1.165, 1.54) is 11.3 Å². The number of benzene rings is 1. The number of unbranched alkanes of at least 4 members (excludes halogenated alkanes) is 1. The largest absolute Gasteiger partial charge is 0.482 e. The molecule has 1 aromatic carbocycles. The topological polar surface area (TPSA) is 87.9 Å². The van der Waals surface area contributed by atoms with Gasteiger partial charge in [-0.2, -0.15) is 5.26 Å². The Hall–Kier alpha value is -2.46. The molecule has 1 heterocycles. The summed E-state index contributed by atoms with van der Waals surface area (Å²) in [4.78, 5) is 11.8. The Morgan fingerprint density at radius 2 is 2.23 bits per heavy atom. The lowest BCUT2D eigenvalue weighted by Crippen LogP contribution is -2.20. The van der Waals surface area contributed by atoms with E-state index in [0.29, 0.717) is 16.4 Å². The monoisotopic (exact) mass is 316 g/mol. The summed E-state index contributed by atoms with van der Waals surface area (Å²) in [5.74, 6) is 0.0620. The van der Waals surface area contributed by atoms with Crippen molar-refractivity contribution in [3.8, 4) is 11.8 Å². The molecule has 1 N–H and O–H groups in total. The third kappa shape index (κ3) is 4.53. The number of hydrogen-bond donors (Lipinski definition) is 1. The molecule has 0 fully saturated rings. The number of carbonyl (C=O) groups excluding carboxylic acids is 1. The van der Waals surface area contributed by atoms with Crippen LogP contribution in [0.2, 0.25) is 0 Å². The molecular formula is C15H16N4O2S. The molecule has 114 valence electrons. The van der Waals surface area contributed by atoms with E-state index in [0.717, 1.165) is 24.3 Å². The van der Waals surface area contributed by atoms with E-state index >= 15 is 0 Å². The number of nitriles is 1. The van der Waals surface area contributed by atoms with Crippen LogP contribution in [0.4, 0.5) is 5.13 Å². The molecule has 0 saturated carbocycles. The van der Waals surface area contributed by atoms with Crippen molar-refractivity contribution in [1.82, 2.24) is 10.2 Å². The van der Waals surface area contributed by atoms with Gasteiger partial charge in [0, 0.05) is 6.42 Å². The van der Waals surface area contributed by atoms with Gasteiger partial charge in [0.1, 0.15) is 16.8 Å². The number of carbonyl (C=O) groups is 1. The first-order valence-corrected chi connectivity index (χ1v) is 7.78. The quantitative estimate of drug-likeness (QED) is 0.848. The summed E-state index contributed by atoms with van der Waals surface area (Å²) in [5.41, 5.74) is 0.396. The molecule has 2 rings (SSSR count). The maximum Gasteiger partial charge on any atom is 0.264 e. The first-order valence-electron chi connectivity index (χ1n) is 6.97. The smallest absolute Gasteiger partial charge is 0.264 e. The molecule has 0 bridgehead atoms. The normalized spacial score (nSPS) is 10.0. The second-order valence-corrected chi connectivity index (χ2v) is 5.61. The van der Waals surface area contributed by atoms with Crippen LogP contribution in [-0.2, 0) is 11.2 Å². The van der Waals surface area contributed by atoms with Gasteiger partial charge < -0.3 is 4.74 Å². The third-order valence-electron chi connectivity index (χ3n) is 2.82. The zero-order valence-electron chi connectivity index (χ0n) is 12.2. The van der Waals surface area contributed by atoms with Crippen LogP contribution in [0.25, 0.3) is 0 Å². The summed E-state index contributed by atoms with van der Waals surface area (Å²) in [6.45, 7) is 1.93. The lowest BCUT2D eigenvalue weighted by Gasteiger charge is -2.06. The zero-order chi connectivity index (χ0) is 15.8. The highest BCUT2D eigenvalue weighted by Crippen LogP contribution is 2.18. The van der Waals surface area contributed by atoms with Crippen LogP contribution in [-0.4, -0.2) is 22.7 Å². The number of para-hydroxylation sites is 1. The summed E-state index contributed by atoms with van der Waals surface area (Å²) < 4.78 is 5.36. The van der Waals surface area contributed by atoms with Gasteiger partial charge in [-0.1, -0.05) is 36.8 Å². The summed E-state index contributed by atoms with van der Waals surface area (Å²) >= 11 is 1.37. The summed E-state index contributed by atoms with van der Waals surface area (Å²) in [6, 6.07) is 8.79. The van der Waals surface area contributed by atoms with Crippen LogP contribution in [0.5, 0.6) is 5.75 Å². The van der Waals surface area contributed by atoms with Gasteiger partial charge in [-0.3, -0.25) is 10.1 Å². The maximum absolute atomic E-state index is 11.8. The SMILES string of the molecule is CCCCc1nnc(NC(=O)COc2ccccc2C#N)s1. The fourth-order valence-electron chi connectivity index (χ4n) is 1.72. The fraction of sp³-hybridized carbons (Fsp3) is 0.333. The second kappa shape index (κ2) is 8.10.